The third kappa shape index (κ3) is 4.68. The number of aliphatic hydroxyl groups excluding tert-OH is 1. The highest BCUT2D eigenvalue weighted by Crippen LogP contribution is 2.32. The van der Waals surface area contributed by atoms with Crippen molar-refractivity contribution in [2.24, 2.45) is 4.99 Å². The Bertz CT molecular complexity index is 1440. The van der Waals surface area contributed by atoms with Crippen molar-refractivity contribution in [3.8, 4) is 11.5 Å². The van der Waals surface area contributed by atoms with Crippen molar-refractivity contribution in [3.63, 3.8) is 0 Å². The molecule has 1 unspecified atom stereocenters. The van der Waals surface area contributed by atoms with Crippen molar-refractivity contribution in [3.05, 3.63) is 96.3 Å². The summed E-state index contributed by atoms with van der Waals surface area (Å²) in [6, 6.07) is 22.1. The summed E-state index contributed by atoms with van der Waals surface area (Å²) in [5.74, 6) is 1.13. The van der Waals surface area contributed by atoms with Crippen LogP contribution in [-0.4, -0.2) is 51.4 Å². The van der Waals surface area contributed by atoms with Gasteiger partial charge in [0.15, 0.2) is 6.17 Å². The molecule has 37 heavy (non-hydrogen) atoms. The normalized spacial score (nSPS) is 18.0. The molecule has 0 saturated carbocycles. The lowest BCUT2D eigenvalue weighted by Crippen LogP contribution is -2.36. The number of piperidine rings is 1. The zero-order valence-electron chi connectivity index (χ0n) is 20.2. The van der Waals surface area contributed by atoms with Gasteiger partial charge in [0, 0.05) is 36.1 Å². The molecular formula is C28H27N7O2. The van der Waals surface area contributed by atoms with Crippen LogP contribution >= 0.6 is 0 Å². The third-order valence-corrected chi connectivity index (χ3v) is 6.58. The molecular weight excluding hydrogens is 466 g/mol. The summed E-state index contributed by atoms with van der Waals surface area (Å²) in [6.45, 7) is 5.65. The van der Waals surface area contributed by atoms with Gasteiger partial charge in [-0.3, -0.25) is 4.99 Å². The number of para-hydroxylation sites is 1. The van der Waals surface area contributed by atoms with Crippen LogP contribution in [0.5, 0.6) is 0 Å². The van der Waals surface area contributed by atoms with Crippen LogP contribution in [0.4, 0.5) is 17.5 Å². The van der Waals surface area contributed by atoms with E-state index in [0.29, 0.717) is 24.4 Å². The molecule has 3 N–H and O–H groups in total. The first-order valence-corrected chi connectivity index (χ1v) is 12.3. The second-order valence-corrected chi connectivity index (χ2v) is 9.09. The lowest BCUT2D eigenvalue weighted by Gasteiger charge is -2.31. The quantitative estimate of drug-likeness (QED) is 0.377. The number of rotatable bonds is 5. The molecule has 0 aliphatic carbocycles. The Kier molecular flexibility index (Phi) is 6.11. The van der Waals surface area contributed by atoms with E-state index in [1.54, 1.807) is 6.20 Å². The van der Waals surface area contributed by atoms with Gasteiger partial charge >= 0.3 is 6.01 Å². The lowest BCUT2D eigenvalue weighted by molar-refractivity contribution is 0.145. The van der Waals surface area contributed by atoms with Gasteiger partial charge in [0.05, 0.1) is 23.1 Å². The minimum atomic E-state index is -0.548. The molecule has 2 aliphatic heterocycles. The molecule has 2 aromatic carbocycles. The Balaban J connectivity index is 1.30. The Morgan fingerprint density at radius 3 is 2.54 bits per heavy atom. The van der Waals surface area contributed by atoms with Gasteiger partial charge in [0.2, 0.25) is 0 Å². The summed E-state index contributed by atoms with van der Waals surface area (Å²) in [6.07, 6.45) is 2.34. The number of nitrogens with zero attached hydrogens (tertiary/aromatic N) is 5. The van der Waals surface area contributed by atoms with Gasteiger partial charge in [-0.25, -0.2) is 4.98 Å². The van der Waals surface area contributed by atoms with Crippen molar-refractivity contribution in [1.82, 2.24) is 15.2 Å². The molecule has 2 aliphatic rings. The molecule has 9 nitrogen and oxygen atoms in total. The fourth-order valence-corrected chi connectivity index (χ4v) is 4.66. The summed E-state index contributed by atoms with van der Waals surface area (Å²) in [7, 11) is 0. The first-order valence-electron chi connectivity index (χ1n) is 12.3. The number of anilines is 3. The minimum Gasteiger partial charge on any atom is -0.403 e. The van der Waals surface area contributed by atoms with Gasteiger partial charge < -0.3 is 25.1 Å². The molecule has 1 atom stereocenters. The predicted molar refractivity (Wildman–Crippen MR) is 144 cm³/mol. The largest absolute Gasteiger partial charge is 0.403 e. The van der Waals surface area contributed by atoms with Gasteiger partial charge in [-0.1, -0.05) is 60.2 Å². The maximum absolute atomic E-state index is 9.89. The van der Waals surface area contributed by atoms with E-state index in [4.69, 9.17) is 9.41 Å². The molecule has 0 spiro atoms. The molecule has 4 aromatic rings. The first kappa shape index (κ1) is 22.9. The van der Waals surface area contributed by atoms with E-state index in [9.17, 15) is 5.11 Å². The number of benzodiazepines with no additional fused rings is 1. The number of benzene rings is 2. The van der Waals surface area contributed by atoms with Gasteiger partial charge in [0.25, 0.3) is 5.89 Å². The molecule has 9 heteroatoms. The van der Waals surface area contributed by atoms with Crippen LogP contribution in [-0.2, 0) is 0 Å². The second kappa shape index (κ2) is 9.87. The van der Waals surface area contributed by atoms with Crippen molar-refractivity contribution in [1.29, 1.82) is 0 Å². The van der Waals surface area contributed by atoms with Crippen molar-refractivity contribution in [2.75, 3.05) is 28.6 Å². The SMILES string of the molecule is C=C1Nc2ccccc2C(c2ccccc2)=NC1Nc1nnc(-c2cccnc2N2CCC(O)CC2)o1. The monoisotopic (exact) mass is 493 g/mol. The summed E-state index contributed by atoms with van der Waals surface area (Å²) in [4.78, 5) is 11.7. The number of pyridine rings is 1. The predicted octanol–water partition coefficient (Wildman–Crippen LogP) is 4.31. The number of aliphatic hydroxyl groups is 1. The second-order valence-electron chi connectivity index (χ2n) is 9.09. The van der Waals surface area contributed by atoms with Crippen LogP contribution in [0, 0.1) is 0 Å². The van der Waals surface area contributed by atoms with Gasteiger partial charge in [-0.05, 0) is 31.0 Å². The van der Waals surface area contributed by atoms with Crippen LogP contribution in [0.15, 0.2) is 94.6 Å². The molecule has 2 aromatic heterocycles. The molecule has 1 saturated heterocycles. The molecule has 1 fully saturated rings. The van der Waals surface area contributed by atoms with Crippen molar-refractivity contribution < 1.29 is 9.52 Å². The van der Waals surface area contributed by atoms with E-state index in [1.807, 2.05) is 66.7 Å². The number of aromatic nitrogens is 3. The van der Waals surface area contributed by atoms with Crippen molar-refractivity contribution >= 4 is 23.2 Å². The van der Waals surface area contributed by atoms with Crippen LogP contribution in [0.1, 0.15) is 24.0 Å². The molecule has 4 heterocycles. The number of nitrogens with one attached hydrogen (secondary N) is 2. The van der Waals surface area contributed by atoms with Crippen LogP contribution in [0.25, 0.3) is 11.5 Å². The highest BCUT2D eigenvalue weighted by Gasteiger charge is 2.25. The van der Waals surface area contributed by atoms with Gasteiger partial charge in [-0.2, -0.15) is 0 Å². The smallest absolute Gasteiger partial charge is 0.317 e. The summed E-state index contributed by atoms with van der Waals surface area (Å²) < 4.78 is 6.04. The summed E-state index contributed by atoms with van der Waals surface area (Å²) >= 11 is 0. The topological polar surface area (TPSA) is 112 Å². The first-order chi connectivity index (χ1) is 18.2. The van der Waals surface area contributed by atoms with Crippen LogP contribution in [0.3, 0.4) is 0 Å². The van der Waals surface area contributed by atoms with Crippen LogP contribution in [0.2, 0.25) is 0 Å². The van der Waals surface area contributed by atoms with E-state index >= 15 is 0 Å². The molecule has 0 amide bonds. The fraction of sp³-hybridized carbons (Fsp3) is 0.214. The summed E-state index contributed by atoms with van der Waals surface area (Å²) in [5, 5.41) is 25.1. The Labute approximate surface area is 214 Å². The van der Waals surface area contributed by atoms with Gasteiger partial charge in [0.1, 0.15) is 5.82 Å². The van der Waals surface area contributed by atoms with Crippen molar-refractivity contribution in [2.45, 2.75) is 25.1 Å². The maximum atomic E-state index is 9.89. The number of hydrogen-bond acceptors (Lipinski definition) is 9. The Hall–Kier alpha value is -4.50. The molecule has 6 rings (SSSR count). The number of fused-ring (bicyclic) bond motifs is 1. The summed E-state index contributed by atoms with van der Waals surface area (Å²) in [5.41, 5.74) is 5.15. The molecule has 0 bridgehead atoms. The molecule has 0 radical (unpaired) electrons. The van der Waals surface area contributed by atoms with E-state index < -0.39 is 6.17 Å². The van der Waals surface area contributed by atoms with E-state index in [2.05, 4.69) is 37.3 Å². The highest BCUT2D eigenvalue weighted by atomic mass is 16.4. The standard InChI is InChI=1S/C28H27N7O2/c1-18-25(31-24(19-8-3-2-4-9-19)21-10-5-6-12-23(21)30-18)32-28-34-33-27(37-28)22-11-7-15-29-26(22)35-16-13-20(36)14-17-35/h2-12,15,20,25,30,36H,1,13-14,16-17H2,(H,32,34). The maximum Gasteiger partial charge on any atom is 0.317 e. The molecule has 186 valence electrons. The van der Waals surface area contributed by atoms with E-state index in [-0.39, 0.29) is 12.1 Å². The highest BCUT2D eigenvalue weighted by molar-refractivity contribution is 6.16. The third-order valence-electron chi connectivity index (χ3n) is 6.58. The van der Waals surface area contributed by atoms with E-state index in [1.165, 1.54) is 0 Å². The number of aliphatic imine (C=N–C) groups is 1. The minimum absolute atomic E-state index is 0.230. The average molecular weight is 494 g/mol. The van der Waals surface area contributed by atoms with E-state index in [0.717, 1.165) is 47.0 Å². The zero-order valence-corrected chi connectivity index (χ0v) is 20.2. The Morgan fingerprint density at radius 1 is 0.946 bits per heavy atom. The number of hydrogen-bond donors (Lipinski definition) is 3. The van der Waals surface area contributed by atoms with Gasteiger partial charge in [-0.15, -0.1) is 5.10 Å². The average Bonchev–Trinajstić information content (AvgIpc) is 3.35. The zero-order chi connectivity index (χ0) is 25.2. The fourth-order valence-electron chi connectivity index (χ4n) is 4.66. The Morgan fingerprint density at radius 2 is 1.70 bits per heavy atom. The van der Waals surface area contributed by atoms with Crippen LogP contribution < -0.4 is 15.5 Å². The lowest BCUT2D eigenvalue weighted by atomic mass is 10.0.